The molecule has 1 aromatic heterocycles. The van der Waals surface area contributed by atoms with Crippen LogP contribution in [0.4, 0.5) is 5.13 Å². The lowest BCUT2D eigenvalue weighted by molar-refractivity contribution is -0.117. The molecule has 1 amide bonds. The molecule has 0 saturated carbocycles. The number of hydrogen-bond donors (Lipinski definition) is 2. The van der Waals surface area contributed by atoms with E-state index in [0.717, 1.165) is 22.9 Å². The summed E-state index contributed by atoms with van der Waals surface area (Å²) in [6.45, 7) is 6.32. The number of amides is 1. The summed E-state index contributed by atoms with van der Waals surface area (Å²) >= 11 is 3.21. The molecule has 0 aliphatic carbocycles. The number of hydrogen-bond acceptors (Lipinski definition) is 5. The number of carbonyl (C=O) groups excluding carboxylic acids is 1. The van der Waals surface area contributed by atoms with Crippen molar-refractivity contribution in [1.82, 2.24) is 10.3 Å². The van der Waals surface area contributed by atoms with Crippen LogP contribution in [0, 0.1) is 20.8 Å². The Hall–Kier alpha value is -1.08. The molecule has 0 radical (unpaired) electrons. The van der Waals surface area contributed by atoms with Crippen LogP contribution in [-0.4, -0.2) is 28.6 Å². The molecule has 23 heavy (non-hydrogen) atoms. The van der Waals surface area contributed by atoms with E-state index in [1.807, 2.05) is 5.38 Å². The van der Waals surface area contributed by atoms with Gasteiger partial charge < -0.3 is 5.32 Å². The topological polar surface area (TPSA) is 54.0 Å². The van der Waals surface area contributed by atoms with Crippen molar-refractivity contribution in [1.29, 1.82) is 0 Å². The van der Waals surface area contributed by atoms with Gasteiger partial charge in [-0.25, -0.2) is 4.98 Å². The summed E-state index contributed by atoms with van der Waals surface area (Å²) in [6.07, 6.45) is 0. The van der Waals surface area contributed by atoms with Crippen LogP contribution in [0.3, 0.4) is 0 Å². The Bertz CT molecular complexity index is 711. The first-order chi connectivity index (χ1) is 10.5. The minimum absolute atomic E-state index is 0. The molecule has 7 heteroatoms. The Balaban J connectivity index is 0.00000192. The molecular weight excluding hydrogens is 350 g/mol. The van der Waals surface area contributed by atoms with Crippen LogP contribution in [0.15, 0.2) is 17.5 Å². The summed E-state index contributed by atoms with van der Waals surface area (Å²) in [6, 6.07) is 4.24. The summed E-state index contributed by atoms with van der Waals surface area (Å²) < 4.78 is 0. The van der Waals surface area contributed by atoms with E-state index in [0.29, 0.717) is 5.13 Å². The third-order valence-electron chi connectivity index (χ3n) is 3.88. The van der Waals surface area contributed by atoms with Crippen molar-refractivity contribution in [3.8, 4) is 11.3 Å². The first kappa shape index (κ1) is 18.3. The minimum Gasteiger partial charge on any atom is -0.301 e. The molecule has 1 atom stereocenters. The highest BCUT2D eigenvalue weighted by atomic mass is 35.5. The number of rotatable bonds is 3. The van der Waals surface area contributed by atoms with E-state index < -0.39 is 0 Å². The van der Waals surface area contributed by atoms with Crippen molar-refractivity contribution in [3.63, 3.8) is 0 Å². The Morgan fingerprint density at radius 1 is 1.26 bits per heavy atom. The molecule has 1 unspecified atom stereocenters. The van der Waals surface area contributed by atoms with E-state index in [-0.39, 0.29) is 24.4 Å². The van der Waals surface area contributed by atoms with Crippen LogP contribution in [0.1, 0.15) is 16.7 Å². The van der Waals surface area contributed by atoms with E-state index in [4.69, 9.17) is 0 Å². The smallest absolute Gasteiger partial charge is 0.244 e. The molecule has 1 saturated heterocycles. The molecular formula is C16H20ClN3OS2. The monoisotopic (exact) mass is 369 g/mol. The summed E-state index contributed by atoms with van der Waals surface area (Å²) in [5.41, 5.74) is 5.81. The van der Waals surface area contributed by atoms with Gasteiger partial charge in [-0.05, 0) is 43.5 Å². The number of halogens is 1. The molecule has 1 aromatic carbocycles. The third-order valence-corrected chi connectivity index (χ3v) is 5.58. The zero-order valence-corrected chi connectivity index (χ0v) is 15.8. The second-order valence-corrected chi connectivity index (χ2v) is 7.44. The van der Waals surface area contributed by atoms with Gasteiger partial charge >= 0.3 is 0 Å². The Morgan fingerprint density at radius 3 is 2.70 bits per heavy atom. The summed E-state index contributed by atoms with van der Waals surface area (Å²) in [5, 5.41) is 8.74. The first-order valence-electron chi connectivity index (χ1n) is 7.20. The van der Waals surface area contributed by atoms with Gasteiger partial charge in [-0.2, -0.15) is 0 Å². The number of thiazole rings is 1. The first-order valence-corrected chi connectivity index (χ1v) is 9.24. The molecule has 124 valence electrons. The zero-order chi connectivity index (χ0) is 15.7. The van der Waals surface area contributed by atoms with Crippen LogP contribution in [0.5, 0.6) is 0 Å². The highest BCUT2D eigenvalue weighted by molar-refractivity contribution is 7.99. The van der Waals surface area contributed by atoms with Gasteiger partial charge in [0.15, 0.2) is 5.13 Å². The number of thioether (sulfide) groups is 1. The molecule has 2 aromatic rings. The fraction of sp³-hybridized carbons (Fsp3) is 0.375. The fourth-order valence-corrected chi connectivity index (χ4v) is 4.10. The van der Waals surface area contributed by atoms with E-state index in [1.54, 1.807) is 11.8 Å². The van der Waals surface area contributed by atoms with Crippen molar-refractivity contribution in [2.24, 2.45) is 0 Å². The van der Waals surface area contributed by atoms with Gasteiger partial charge in [-0.15, -0.1) is 35.5 Å². The van der Waals surface area contributed by atoms with Gasteiger partial charge in [-0.3, -0.25) is 10.1 Å². The predicted octanol–water partition coefficient (Wildman–Crippen LogP) is 3.76. The number of aryl methyl sites for hydroxylation is 3. The number of aromatic nitrogens is 1. The molecule has 2 heterocycles. The fourth-order valence-electron chi connectivity index (χ4n) is 2.45. The SMILES string of the molecule is Cc1cc(C)c(-c2csc(NC(=O)C3CSCN3)n2)cc1C.Cl. The third kappa shape index (κ3) is 4.07. The van der Waals surface area contributed by atoms with Gasteiger partial charge in [0.1, 0.15) is 0 Å². The van der Waals surface area contributed by atoms with Crippen molar-refractivity contribution < 1.29 is 4.79 Å². The van der Waals surface area contributed by atoms with Crippen LogP contribution >= 0.6 is 35.5 Å². The second kappa shape index (κ2) is 7.66. The normalized spacial score (nSPS) is 16.9. The average molecular weight is 370 g/mol. The molecule has 3 rings (SSSR count). The van der Waals surface area contributed by atoms with E-state index in [1.165, 1.54) is 28.0 Å². The lowest BCUT2D eigenvalue weighted by atomic mass is 9.99. The van der Waals surface area contributed by atoms with Crippen molar-refractivity contribution in [3.05, 3.63) is 34.2 Å². The summed E-state index contributed by atoms with van der Waals surface area (Å²) in [5.74, 6) is 1.66. The molecule has 2 N–H and O–H groups in total. The Kier molecular flexibility index (Phi) is 6.08. The van der Waals surface area contributed by atoms with E-state index in [2.05, 4.69) is 48.5 Å². The Labute approximate surface area is 150 Å². The standard InChI is InChI=1S/C16H19N3OS2.ClH/c1-9-4-11(3)12(5-10(9)2)13-7-22-16(18-13)19-15(20)14-6-21-8-17-14;/h4-5,7,14,17H,6,8H2,1-3H3,(H,18,19,20);1H. The Morgan fingerprint density at radius 2 is 2.00 bits per heavy atom. The molecule has 1 aliphatic rings. The quantitative estimate of drug-likeness (QED) is 0.864. The average Bonchev–Trinajstić information content (AvgIpc) is 3.14. The maximum atomic E-state index is 12.1. The van der Waals surface area contributed by atoms with Gasteiger partial charge in [0, 0.05) is 22.6 Å². The molecule has 0 bridgehead atoms. The van der Waals surface area contributed by atoms with Crippen LogP contribution in [0.25, 0.3) is 11.3 Å². The largest absolute Gasteiger partial charge is 0.301 e. The van der Waals surface area contributed by atoms with Crippen LogP contribution in [0.2, 0.25) is 0 Å². The van der Waals surface area contributed by atoms with Crippen molar-refractivity contribution >= 4 is 46.5 Å². The number of benzene rings is 1. The second-order valence-electron chi connectivity index (χ2n) is 5.55. The molecule has 4 nitrogen and oxygen atoms in total. The zero-order valence-electron chi connectivity index (χ0n) is 13.3. The van der Waals surface area contributed by atoms with Gasteiger partial charge in [0.25, 0.3) is 0 Å². The predicted molar refractivity (Wildman–Crippen MR) is 102 cm³/mol. The number of carbonyl (C=O) groups is 1. The lowest BCUT2D eigenvalue weighted by Crippen LogP contribution is -2.37. The van der Waals surface area contributed by atoms with Crippen LogP contribution in [-0.2, 0) is 4.79 Å². The maximum Gasteiger partial charge on any atom is 0.244 e. The van der Waals surface area contributed by atoms with Gasteiger partial charge in [0.05, 0.1) is 11.7 Å². The highest BCUT2D eigenvalue weighted by Crippen LogP contribution is 2.29. The summed E-state index contributed by atoms with van der Waals surface area (Å²) in [4.78, 5) is 16.7. The summed E-state index contributed by atoms with van der Waals surface area (Å²) in [7, 11) is 0. The van der Waals surface area contributed by atoms with Gasteiger partial charge in [-0.1, -0.05) is 6.07 Å². The van der Waals surface area contributed by atoms with E-state index in [9.17, 15) is 4.79 Å². The minimum atomic E-state index is -0.110. The number of nitrogens with one attached hydrogen (secondary N) is 2. The molecule has 1 aliphatic heterocycles. The number of anilines is 1. The molecule has 0 spiro atoms. The highest BCUT2D eigenvalue weighted by Gasteiger charge is 2.23. The molecule has 1 fully saturated rings. The van der Waals surface area contributed by atoms with Crippen molar-refractivity contribution in [2.45, 2.75) is 26.8 Å². The van der Waals surface area contributed by atoms with Crippen LogP contribution < -0.4 is 10.6 Å². The van der Waals surface area contributed by atoms with Gasteiger partial charge in [0.2, 0.25) is 5.91 Å². The van der Waals surface area contributed by atoms with E-state index >= 15 is 0 Å². The maximum absolute atomic E-state index is 12.1. The lowest BCUT2D eigenvalue weighted by Gasteiger charge is -2.08. The number of nitrogens with zero attached hydrogens (tertiary/aromatic N) is 1. The van der Waals surface area contributed by atoms with Crippen molar-refractivity contribution in [2.75, 3.05) is 16.9 Å².